The zero-order chi connectivity index (χ0) is 31.1. The molecule has 3 fully saturated rings. The van der Waals surface area contributed by atoms with E-state index in [1.165, 1.54) is 12.1 Å². The van der Waals surface area contributed by atoms with Gasteiger partial charge in [-0.3, -0.25) is 34.8 Å². The maximum Gasteiger partial charge on any atom is 0.265 e. The van der Waals surface area contributed by atoms with E-state index in [0.29, 0.717) is 11.5 Å². The predicted octanol–water partition coefficient (Wildman–Crippen LogP) is 2.04. The van der Waals surface area contributed by atoms with Gasteiger partial charge in [-0.05, 0) is 74.1 Å². The van der Waals surface area contributed by atoms with Crippen molar-refractivity contribution in [3.63, 3.8) is 0 Å². The number of piperidine rings is 2. The molecule has 0 spiro atoms. The second-order valence-electron chi connectivity index (χ2n) is 11.8. The number of carbonyl (C=O) groups excluding carboxylic acids is 4. The van der Waals surface area contributed by atoms with Crippen LogP contribution in [0.15, 0.2) is 42.5 Å². The normalized spacial score (nSPS) is 19.9. The van der Waals surface area contributed by atoms with Gasteiger partial charge in [0.15, 0.2) is 0 Å². The number of hydrogen-bond donors (Lipinski definition) is 4. The van der Waals surface area contributed by atoms with E-state index in [0.717, 1.165) is 83.0 Å². The van der Waals surface area contributed by atoms with Gasteiger partial charge in [0.25, 0.3) is 11.8 Å². The first-order valence-corrected chi connectivity index (χ1v) is 15.6. The molecule has 1 atom stereocenters. The van der Waals surface area contributed by atoms with E-state index in [1.807, 2.05) is 31.2 Å². The lowest BCUT2D eigenvalue weighted by Gasteiger charge is -2.40. The number of piperazine rings is 1. The van der Waals surface area contributed by atoms with E-state index < -0.39 is 23.7 Å². The molecule has 2 aromatic carbocycles. The van der Waals surface area contributed by atoms with Gasteiger partial charge in [0.05, 0.1) is 5.56 Å². The summed E-state index contributed by atoms with van der Waals surface area (Å²) < 4.78 is 14.9. The highest BCUT2D eigenvalue weighted by Crippen LogP contribution is 2.27. The number of hydrazine groups is 1. The highest BCUT2D eigenvalue weighted by atomic mass is 19.1. The van der Waals surface area contributed by atoms with Gasteiger partial charge < -0.3 is 15.1 Å². The molecule has 4 amide bonds. The maximum atomic E-state index is 14.9. The highest BCUT2D eigenvalue weighted by molar-refractivity contribution is 6.04. The molecule has 0 saturated carbocycles. The molecule has 3 aliphatic rings. The van der Waals surface area contributed by atoms with Crippen LogP contribution in [0.25, 0.3) is 0 Å². The molecule has 3 heterocycles. The molecule has 44 heavy (non-hydrogen) atoms. The fourth-order valence-corrected chi connectivity index (χ4v) is 6.04. The summed E-state index contributed by atoms with van der Waals surface area (Å²) in [6.07, 6.45) is 3.30. The molecule has 0 bridgehead atoms. The van der Waals surface area contributed by atoms with Crippen molar-refractivity contribution in [2.45, 2.75) is 45.1 Å². The first-order chi connectivity index (χ1) is 21.3. The summed E-state index contributed by atoms with van der Waals surface area (Å²) in [5, 5.41) is 4.73. The Balaban J connectivity index is 1.04. The number of anilines is 2. The third-order valence-electron chi connectivity index (χ3n) is 8.68. The SMILES string of the molecule is CCCNNC(=O)c1ccc(N2CCN(CC3CCN(c4ccc(C(=O)NC5CCC(=O)NC5=O)c(F)c4)CC3)CC2)cc1. The standard InChI is InChI=1S/C32H42FN7O4/c1-2-13-34-37-30(42)23-3-5-24(6-4-23)40-18-16-38(17-19-40)21-22-11-14-39(15-12-22)25-7-8-26(27(33)20-25)31(43)35-28-9-10-29(41)36-32(28)44/h3-8,20,22,28,34H,2,9-19,21H2,1H3,(H,35,43)(H,37,42)(H,36,41,44). The van der Waals surface area contributed by atoms with Crippen LogP contribution >= 0.6 is 0 Å². The first kappa shape index (κ1) is 31.4. The fraction of sp³-hybridized carbons (Fsp3) is 0.500. The number of halogens is 1. The van der Waals surface area contributed by atoms with Crippen LogP contribution in [0.2, 0.25) is 0 Å². The summed E-state index contributed by atoms with van der Waals surface area (Å²) in [6, 6.07) is 11.5. The molecule has 3 saturated heterocycles. The van der Waals surface area contributed by atoms with Crippen molar-refractivity contribution in [1.29, 1.82) is 0 Å². The summed E-state index contributed by atoms with van der Waals surface area (Å²) in [6.45, 7) is 9.30. The Labute approximate surface area is 257 Å². The number of nitrogens with one attached hydrogen (secondary N) is 4. The van der Waals surface area contributed by atoms with Crippen LogP contribution in [-0.2, 0) is 9.59 Å². The fourth-order valence-electron chi connectivity index (χ4n) is 6.04. The van der Waals surface area contributed by atoms with Crippen molar-refractivity contribution in [3.8, 4) is 0 Å². The van der Waals surface area contributed by atoms with Gasteiger partial charge in [0.1, 0.15) is 11.9 Å². The average molecular weight is 608 g/mol. The lowest BCUT2D eigenvalue weighted by molar-refractivity contribution is -0.134. The van der Waals surface area contributed by atoms with Crippen LogP contribution in [0.1, 0.15) is 59.7 Å². The van der Waals surface area contributed by atoms with E-state index >= 15 is 0 Å². The van der Waals surface area contributed by atoms with Crippen molar-refractivity contribution in [2.24, 2.45) is 5.92 Å². The molecule has 0 aromatic heterocycles. The third kappa shape index (κ3) is 7.92. The van der Waals surface area contributed by atoms with Crippen LogP contribution in [0.4, 0.5) is 15.8 Å². The second-order valence-corrected chi connectivity index (χ2v) is 11.8. The Hall–Kier alpha value is -4.03. The smallest absolute Gasteiger partial charge is 0.265 e. The molecule has 3 aliphatic heterocycles. The topological polar surface area (TPSA) is 126 Å². The van der Waals surface area contributed by atoms with E-state index in [4.69, 9.17) is 0 Å². The molecule has 11 nitrogen and oxygen atoms in total. The zero-order valence-corrected chi connectivity index (χ0v) is 25.2. The number of nitrogens with zero attached hydrogens (tertiary/aromatic N) is 3. The van der Waals surface area contributed by atoms with E-state index in [-0.39, 0.29) is 30.2 Å². The number of amides is 4. The maximum absolute atomic E-state index is 14.9. The Kier molecular flexibility index (Phi) is 10.4. The summed E-state index contributed by atoms with van der Waals surface area (Å²) in [5.41, 5.74) is 8.02. The second kappa shape index (κ2) is 14.6. The first-order valence-electron chi connectivity index (χ1n) is 15.6. The van der Waals surface area contributed by atoms with Crippen molar-refractivity contribution in [3.05, 3.63) is 59.4 Å². The van der Waals surface area contributed by atoms with Crippen LogP contribution < -0.4 is 31.3 Å². The lowest BCUT2D eigenvalue weighted by atomic mass is 9.95. The summed E-state index contributed by atoms with van der Waals surface area (Å²) in [5.74, 6) is -1.79. The van der Waals surface area contributed by atoms with Crippen molar-refractivity contribution in [1.82, 2.24) is 26.4 Å². The van der Waals surface area contributed by atoms with E-state index in [9.17, 15) is 23.6 Å². The number of rotatable bonds is 10. The molecular weight excluding hydrogens is 565 g/mol. The minimum Gasteiger partial charge on any atom is -0.371 e. The molecule has 4 N–H and O–H groups in total. The van der Waals surface area contributed by atoms with Gasteiger partial charge in [-0.25, -0.2) is 9.82 Å². The van der Waals surface area contributed by atoms with Crippen molar-refractivity contribution < 1.29 is 23.6 Å². The Morgan fingerprint density at radius 3 is 2.23 bits per heavy atom. The largest absolute Gasteiger partial charge is 0.371 e. The highest BCUT2D eigenvalue weighted by Gasteiger charge is 2.29. The molecular formula is C32H42FN7O4. The molecule has 5 rings (SSSR count). The third-order valence-corrected chi connectivity index (χ3v) is 8.68. The molecule has 0 radical (unpaired) electrons. The quantitative estimate of drug-likeness (QED) is 0.184. The van der Waals surface area contributed by atoms with Crippen LogP contribution in [0.5, 0.6) is 0 Å². The number of benzene rings is 2. The summed E-state index contributed by atoms with van der Waals surface area (Å²) >= 11 is 0. The molecule has 236 valence electrons. The molecule has 1 unspecified atom stereocenters. The van der Waals surface area contributed by atoms with E-state index in [2.05, 4.69) is 36.2 Å². The van der Waals surface area contributed by atoms with Crippen LogP contribution in [-0.4, -0.2) is 86.9 Å². The number of carbonyl (C=O) groups is 4. The van der Waals surface area contributed by atoms with Crippen LogP contribution in [0, 0.1) is 11.7 Å². The summed E-state index contributed by atoms with van der Waals surface area (Å²) in [7, 11) is 0. The van der Waals surface area contributed by atoms with Crippen LogP contribution in [0.3, 0.4) is 0 Å². The van der Waals surface area contributed by atoms with E-state index in [1.54, 1.807) is 6.07 Å². The molecule has 0 aliphatic carbocycles. The van der Waals surface area contributed by atoms with Gasteiger partial charge in [0.2, 0.25) is 11.8 Å². The Bertz CT molecular complexity index is 1340. The van der Waals surface area contributed by atoms with Crippen molar-refractivity contribution >= 4 is 35.0 Å². The Morgan fingerprint density at radius 1 is 0.886 bits per heavy atom. The zero-order valence-electron chi connectivity index (χ0n) is 25.2. The van der Waals surface area contributed by atoms with Gasteiger partial charge in [-0.2, -0.15) is 0 Å². The number of hydrogen-bond acceptors (Lipinski definition) is 8. The number of imide groups is 1. The predicted molar refractivity (Wildman–Crippen MR) is 166 cm³/mol. The van der Waals surface area contributed by atoms with Gasteiger partial charge in [0, 0.05) is 75.7 Å². The van der Waals surface area contributed by atoms with Gasteiger partial charge in [-0.1, -0.05) is 6.92 Å². The lowest BCUT2D eigenvalue weighted by Crippen LogP contribution is -2.52. The minimum absolute atomic E-state index is 0.117. The Morgan fingerprint density at radius 2 is 1.57 bits per heavy atom. The summed E-state index contributed by atoms with van der Waals surface area (Å²) in [4.78, 5) is 55.1. The van der Waals surface area contributed by atoms with Gasteiger partial charge >= 0.3 is 0 Å². The monoisotopic (exact) mass is 607 g/mol. The average Bonchev–Trinajstić information content (AvgIpc) is 3.03. The van der Waals surface area contributed by atoms with Gasteiger partial charge in [-0.15, -0.1) is 0 Å². The molecule has 12 heteroatoms. The molecule has 2 aromatic rings. The van der Waals surface area contributed by atoms with Crippen molar-refractivity contribution in [2.75, 3.05) is 62.2 Å². The minimum atomic E-state index is -0.847.